The Morgan fingerprint density at radius 2 is 0.930 bits per heavy atom. The van der Waals surface area contributed by atoms with Gasteiger partial charge in [-0.3, -0.25) is 0 Å². The zero-order valence-electron chi connectivity index (χ0n) is 23.5. The number of benzene rings is 8. The molecular formula is C40H29N3. The molecule has 0 bridgehead atoms. The highest BCUT2D eigenvalue weighted by atomic mass is 15.1. The molecule has 0 spiro atoms. The van der Waals surface area contributed by atoms with Gasteiger partial charge in [0.25, 0.3) is 0 Å². The second-order valence-electron chi connectivity index (χ2n) is 11.1. The molecule has 0 heterocycles. The Morgan fingerprint density at radius 3 is 1.60 bits per heavy atom. The maximum Gasteiger partial charge on any atom is 0.0618 e. The maximum atomic E-state index is 6.44. The predicted molar refractivity (Wildman–Crippen MR) is 185 cm³/mol. The summed E-state index contributed by atoms with van der Waals surface area (Å²) in [5.74, 6) is 0. The first-order chi connectivity index (χ1) is 21.1. The van der Waals surface area contributed by atoms with Crippen LogP contribution in [0.2, 0.25) is 0 Å². The number of hydrogen-bond donors (Lipinski definition) is 2. The van der Waals surface area contributed by atoms with Crippen molar-refractivity contribution in [2.75, 3.05) is 16.4 Å². The first kappa shape index (κ1) is 25.0. The zero-order chi connectivity index (χ0) is 28.9. The van der Waals surface area contributed by atoms with Gasteiger partial charge in [0.05, 0.1) is 11.4 Å². The van der Waals surface area contributed by atoms with Gasteiger partial charge < -0.3 is 16.4 Å². The molecule has 0 aliphatic carbocycles. The van der Waals surface area contributed by atoms with Crippen LogP contribution in [0.5, 0.6) is 0 Å². The van der Waals surface area contributed by atoms with Crippen molar-refractivity contribution in [1.82, 2.24) is 0 Å². The maximum absolute atomic E-state index is 6.44. The fourth-order valence-corrected chi connectivity index (χ4v) is 6.33. The predicted octanol–water partition coefficient (Wildman–Crippen LogP) is 10.6. The van der Waals surface area contributed by atoms with E-state index in [1.54, 1.807) is 0 Å². The van der Waals surface area contributed by atoms with Crippen LogP contribution in [0.4, 0.5) is 28.4 Å². The van der Waals surface area contributed by atoms with Crippen molar-refractivity contribution < 1.29 is 0 Å². The van der Waals surface area contributed by atoms with Crippen molar-refractivity contribution in [2.24, 2.45) is 0 Å². The molecule has 3 nitrogen and oxygen atoms in total. The summed E-state index contributed by atoms with van der Waals surface area (Å²) in [4.78, 5) is 2.41. The summed E-state index contributed by atoms with van der Waals surface area (Å²) in [6.07, 6.45) is 0. The molecule has 204 valence electrons. The molecule has 0 radical (unpaired) electrons. The normalized spacial score (nSPS) is 11.4. The van der Waals surface area contributed by atoms with E-state index in [0.29, 0.717) is 5.69 Å². The quantitative estimate of drug-likeness (QED) is 0.169. The SMILES string of the molecule is Nc1ccc(-c2cc(N)ccc2N(c2ccc3cc4ccccc4cc3c2)c2c3ccccc3cc3ccccc23)cc1. The highest BCUT2D eigenvalue weighted by Crippen LogP contribution is 2.47. The van der Waals surface area contributed by atoms with Crippen LogP contribution in [0.25, 0.3) is 54.2 Å². The number of hydrogen-bond acceptors (Lipinski definition) is 3. The number of anilines is 5. The van der Waals surface area contributed by atoms with E-state index in [2.05, 4.69) is 138 Å². The van der Waals surface area contributed by atoms with Crippen molar-refractivity contribution in [2.45, 2.75) is 0 Å². The lowest BCUT2D eigenvalue weighted by Crippen LogP contribution is -2.13. The van der Waals surface area contributed by atoms with Gasteiger partial charge >= 0.3 is 0 Å². The minimum absolute atomic E-state index is 0.711. The van der Waals surface area contributed by atoms with Gasteiger partial charge in [-0.05, 0) is 98.5 Å². The number of nitrogen functional groups attached to an aromatic ring is 2. The monoisotopic (exact) mass is 551 g/mol. The standard InChI is InChI=1S/C40H29N3/c41-33-16-13-26(14-17-33)38-25-34(42)18-20-39(38)43(35-19-15-29-21-27-7-1-2-8-28(27)22-32(29)24-35)40-36-11-5-3-9-30(36)23-31-10-4-6-12-37(31)40/h1-25H,41-42H2. The van der Waals surface area contributed by atoms with Crippen LogP contribution < -0.4 is 16.4 Å². The summed E-state index contributed by atoms with van der Waals surface area (Å²) in [6.45, 7) is 0. The molecule has 0 amide bonds. The molecule has 0 atom stereocenters. The van der Waals surface area contributed by atoms with Crippen molar-refractivity contribution in [3.63, 3.8) is 0 Å². The van der Waals surface area contributed by atoms with Crippen LogP contribution in [0.1, 0.15) is 0 Å². The van der Waals surface area contributed by atoms with Crippen LogP contribution in [0.15, 0.2) is 152 Å². The van der Waals surface area contributed by atoms with E-state index in [0.717, 1.165) is 33.9 Å². The van der Waals surface area contributed by atoms with Crippen LogP contribution in [-0.4, -0.2) is 0 Å². The molecule has 0 aliphatic rings. The van der Waals surface area contributed by atoms with E-state index in [1.807, 2.05) is 18.2 Å². The molecule has 3 heteroatoms. The summed E-state index contributed by atoms with van der Waals surface area (Å²) in [6, 6.07) is 53.7. The van der Waals surface area contributed by atoms with Gasteiger partial charge in [-0.15, -0.1) is 0 Å². The largest absolute Gasteiger partial charge is 0.399 e. The number of nitrogens with two attached hydrogens (primary N) is 2. The van der Waals surface area contributed by atoms with Crippen LogP contribution >= 0.6 is 0 Å². The van der Waals surface area contributed by atoms with E-state index < -0.39 is 0 Å². The first-order valence-electron chi connectivity index (χ1n) is 14.5. The van der Waals surface area contributed by atoms with E-state index >= 15 is 0 Å². The second-order valence-corrected chi connectivity index (χ2v) is 11.1. The van der Waals surface area contributed by atoms with Gasteiger partial charge in [-0.25, -0.2) is 0 Å². The van der Waals surface area contributed by atoms with Gasteiger partial charge in [0.2, 0.25) is 0 Å². The summed E-state index contributed by atoms with van der Waals surface area (Å²) in [7, 11) is 0. The number of nitrogens with zero attached hydrogens (tertiary/aromatic N) is 1. The van der Waals surface area contributed by atoms with Crippen LogP contribution in [-0.2, 0) is 0 Å². The van der Waals surface area contributed by atoms with E-state index in [4.69, 9.17) is 11.5 Å². The molecule has 0 unspecified atom stereocenters. The summed E-state index contributed by atoms with van der Waals surface area (Å²) in [5, 5.41) is 9.61. The van der Waals surface area contributed by atoms with Gasteiger partial charge in [0.15, 0.2) is 0 Å². The molecule has 0 aliphatic heterocycles. The van der Waals surface area contributed by atoms with Crippen molar-refractivity contribution in [3.05, 3.63) is 152 Å². The number of rotatable bonds is 4. The highest BCUT2D eigenvalue weighted by Gasteiger charge is 2.22. The van der Waals surface area contributed by atoms with Gasteiger partial charge in [0.1, 0.15) is 0 Å². The smallest absolute Gasteiger partial charge is 0.0618 e. The van der Waals surface area contributed by atoms with Gasteiger partial charge in [0, 0.05) is 33.4 Å². The Labute approximate surface area is 250 Å². The topological polar surface area (TPSA) is 55.3 Å². The molecule has 8 aromatic rings. The van der Waals surface area contributed by atoms with Crippen molar-refractivity contribution in [3.8, 4) is 11.1 Å². The van der Waals surface area contributed by atoms with E-state index in [-0.39, 0.29) is 0 Å². The fourth-order valence-electron chi connectivity index (χ4n) is 6.33. The molecule has 0 fully saturated rings. The van der Waals surface area contributed by atoms with Crippen molar-refractivity contribution in [1.29, 1.82) is 0 Å². The fraction of sp³-hybridized carbons (Fsp3) is 0. The summed E-state index contributed by atoms with van der Waals surface area (Å²) < 4.78 is 0. The Morgan fingerprint density at radius 1 is 0.395 bits per heavy atom. The van der Waals surface area contributed by atoms with E-state index in [9.17, 15) is 0 Å². The average molecular weight is 552 g/mol. The Hall–Kier alpha value is -5.80. The third kappa shape index (κ3) is 4.30. The molecule has 8 rings (SSSR count). The Balaban J connectivity index is 1.49. The lowest BCUT2D eigenvalue weighted by molar-refractivity contribution is 1.32. The lowest BCUT2D eigenvalue weighted by atomic mass is 9.96. The van der Waals surface area contributed by atoms with Gasteiger partial charge in [-0.1, -0.05) is 91.0 Å². The minimum Gasteiger partial charge on any atom is -0.399 e. The third-order valence-corrected chi connectivity index (χ3v) is 8.40. The number of fused-ring (bicyclic) bond motifs is 4. The molecule has 8 aromatic carbocycles. The zero-order valence-corrected chi connectivity index (χ0v) is 23.5. The molecule has 4 N–H and O–H groups in total. The minimum atomic E-state index is 0.711. The molecule has 43 heavy (non-hydrogen) atoms. The van der Waals surface area contributed by atoms with Gasteiger partial charge in [-0.2, -0.15) is 0 Å². The van der Waals surface area contributed by atoms with Crippen LogP contribution in [0, 0.1) is 0 Å². The van der Waals surface area contributed by atoms with Crippen molar-refractivity contribution >= 4 is 71.5 Å². The third-order valence-electron chi connectivity index (χ3n) is 8.40. The molecule has 0 saturated carbocycles. The van der Waals surface area contributed by atoms with E-state index in [1.165, 1.54) is 43.1 Å². The summed E-state index contributed by atoms with van der Waals surface area (Å²) >= 11 is 0. The Kier molecular flexibility index (Phi) is 5.76. The highest BCUT2D eigenvalue weighted by molar-refractivity contribution is 6.15. The molecular weight excluding hydrogens is 522 g/mol. The first-order valence-corrected chi connectivity index (χ1v) is 14.5. The lowest BCUT2D eigenvalue weighted by Gasteiger charge is -2.31. The molecule has 0 saturated heterocycles. The summed E-state index contributed by atoms with van der Waals surface area (Å²) in [5.41, 5.74) is 19.3. The Bertz CT molecular complexity index is 2270. The molecule has 0 aromatic heterocycles. The second kappa shape index (κ2) is 9.93. The van der Waals surface area contributed by atoms with Crippen LogP contribution in [0.3, 0.4) is 0 Å². The average Bonchev–Trinajstić information content (AvgIpc) is 3.04.